The van der Waals surface area contributed by atoms with Crippen LogP contribution in [0.15, 0.2) is 83.8 Å². The fraction of sp³-hybridized carbons (Fsp3) is 0.286. The van der Waals surface area contributed by atoms with E-state index >= 15 is 0 Å². The van der Waals surface area contributed by atoms with Crippen molar-refractivity contribution >= 4 is 21.9 Å². The number of benzene rings is 3. The molecule has 1 amide bonds. The van der Waals surface area contributed by atoms with Gasteiger partial charge < -0.3 is 15.7 Å². The minimum absolute atomic E-state index is 0.0452. The number of carbonyl (C=O) groups excluding carboxylic acids is 1. The zero-order valence-corrected chi connectivity index (χ0v) is 22.8. The number of nitrogens with one attached hydrogen (secondary N) is 3. The molecule has 1 heterocycles. The van der Waals surface area contributed by atoms with Crippen molar-refractivity contribution in [2.24, 2.45) is 5.92 Å². The standard InChI is InChI=1S/C26H27F2N3O3S.C2HF3O2/c27-23-12-7-13-24(28)25(23)35(33,34)31-21-14-20(15-29-16-21)26(32)30-17-22(18-8-3-1-4-9-18)19-10-5-2-6-11-19;3-2(4,5)1(6)7/h1-13,20-22,29,31H,14-17H2,(H,30,32);(H,6,7)/t20-,21+;/m0./s1. The van der Waals surface area contributed by atoms with Gasteiger partial charge in [0, 0.05) is 31.6 Å². The maximum Gasteiger partial charge on any atom is 0.490 e. The van der Waals surface area contributed by atoms with Crippen LogP contribution in [0.3, 0.4) is 0 Å². The van der Waals surface area contributed by atoms with E-state index in [1.165, 1.54) is 0 Å². The van der Waals surface area contributed by atoms with Crippen LogP contribution in [0, 0.1) is 17.6 Å². The number of aliphatic carboxylic acids is 1. The summed E-state index contributed by atoms with van der Waals surface area (Å²) in [5, 5.41) is 13.2. The first-order chi connectivity index (χ1) is 19.8. The first kappa shape index (κ1) is 32.6. The molecular formula is C28H28F5N3O5S. The Morgan fingerprint density at radius 2 is 1.38 bits per heavy atom. The smallest absolute Gasteiger partial charge is 0.475 e. The Balaban J connectivity index is 0.000000616. The van der Waals surface area contributed by atoms with E-state index < -0.39 is 50.7 Å². The molecule has 14 heteroatoms. The van der Waals surface area contributed by atoms with Gasteiger partial charge in [-0.25, -0.2) is 26.7 Å². The molecule has 4 rings (SSSR count). The fourth-order valence-electron chi connectivity index (χ4n) is 4.39. The molecule has 4 N–H and O–H groups in total. The summed E-state index contributed by atoms with van der Waals surface area (Å²) in [6.07, 6.45) is -4.88. The average molecular weight is 614 g/mol. The number of sulfonamides is 1. The van der Waals surface area contributed by atoms with Crippen LogP contribution in [0.1, 0.15) is 23.5 Å². The molecule has 1 fully saturated rings. The third kappa shape index (κ3) is 9.06. The van der Waals surface area contributed by atoms with Crippen LogP contribution in [0.2, 0.25) is 0 Å². The van der Waals surface area contributed by atoms with E-state index in [0.717, 1.165) is 29.3 Å². The maximum absolute atomic E-state index is 14.0. The van der Waals surface area contributed by atoms with E-state index in [-0.39, 0.29) is 24.8 Å². The Labute approximate surface area is 239 Å². The average Bonchev–Trinajstić information content (AvgIpc) is 2.94. The highest BCUT2D eigenvalue weighted by Crippen LogP contribution is 2.25. The van der Waals surface area contributed by atoms with Crippen molar-refractivity contribution in [1.82, 2.24) is 15.4 Å². The summed E-state index contributed by atoms with van der Waals surface area (Å²) in [5.41, 5.74) is 2.14. The minimum atomic E-state index is -5.08. The van der Waals surface area contributed by atoms with Crippen LogP contribution in [-0.4, -0.2) is 57.3 Å². The second-order valence-corrected chi connectivity index (χ2v) is 11.0. The number of rotatable bonds is 8. The van der Waals surface area contributed by atoms with Gasteiger partial charge in [0.25, 0.3) is 0 Å². The summed E-state index contributed by atoms with van der Waals surface area (Å²) >= 11 is 0. The highest BCUT2D eigenvalue weighted by atomic mass is 32.2. The van der Waals surface area contributed by atoms with Crippen LogP contribution in [-0.2, 0) is 19.6 Å². The SMILES string of the molecule is O=C(NCC(c1ccccc1)c1ccccc1)[C@@H]1CNC[C@H](NS(=O)(=O)c2c(F)cccc2F)C1.O=C(O)C(F)(F)F. The Hall–Kier alpha value is -3.88. The number of halogens is 5. The number of piperidine rings is 1. The van der Waals surface area contributed by atoms with E-state index in [9.17, 15) is 35.2 Å². The minimum Gasteiger partial charge on any atom is -0.475 e. The van der Waals surface area contributed by atoms with Crippen LogP contribution in [0.5, 0.6) is 0 Å². The van der Waals surface area contributed by atoms with Crippen molar-refractivity contribution in [3.63, 3.8) is 0 Å². The molecule has 0 saturated carbocycles. The molecule has 1 aliphatic rings. The quantitative estimate of drug-likeness (QED) is 0.287. The van der Waals surface area contributed by atoms with Gasteiger partial charge in [0.2, 0.25) is 15.9 Å². The van der Waals surface area contributed by atoms with Gasteiger partial charge in [-0.2, -0.15) is 13.2 Å². The molecule has 0 spiro atoms. The third-order valence-electron chi connectivity index (χ3n) is 6.36. The van der Waals surface area contributed by atoms with Gasteiger partial charge >= 0.3 is 12.1 Å². The zero-order chi connectivity index (χ0) is 30.9. The lowest BCUT2D eigenvalue weighted by Crippen LogP contribution is -2.52. The van der Waals surface area contributed by atoms with Gasteiger partial charge in [-0.1, -0.05) is 66.7 Å². The highest BCUT2D eigenvalue weighted by molar-refractivity contribution is 7.89. The Morgan fingerprint density at radius 3 is 1.86 bits per heavy atom. The molecule has 1 aliphatic heterocycles. The molecule has 0 aromatic heterocycles. The summed E-state index contributed by atoms with van der Waals surface area (Å²) in [4.78, 5) is 20.9. The Bertz CT molecular complexity index is 1400. The number of carboxylic acid groups (broad SMARTS) is 1. The van der Waals surface area contributed by atoms with E-state index in [1.54, 1.807) is 0 Å². The molecule has 226 valence electrons. The van der Waals surface area contributed by atoms with E-state index in [4.69, 9.17) is 9.90 Å². The monoisotopic (exact) mass is 613 g/mol. The van der Waals surface area contributed by atoms with Crippen molar-refractivity contribution in [3.05, 3.63) is 102 Å². The molecule has 0 radical (unpaired) electrons. The largest absolute Gasteiger partial charge is 0.490 e. The number of hydrogen-bond donors (Lipinski definition) is 4. The van der Waals surface area contributed by atoms with Crippen molar-refractivity contribution in [1.29, 1.82) is 0 Å². The second-order valence-electron chi connectivity index (χ2n) is 9.38. The predicted octanol–water partition coefficient (Wildman–Crippen LogP) is 3.80. The number of hydrogen-bond acceptors (Lipinski definition) is 5. The zero-order valence-electron chi connectivity index (χ0n) is 21.9. The van der Waals surface area contributed by atoms with Crippen molar-refractivity contribution in [3.8, 4) is 0 Å². The molecule has 2 atom stereocenters. The van der Waals surface area contributed by atoms with Crippen LogP contribution < -0.4 is 15.4 Å². The Kier molecular flexibility index (Phi) is 11.1. The Morgan fingerprint density at radius 1 is 0.881 bits per heavy atom. The van der Waals surface area contributed by atoms with Gasteiger partial charge in [-0.15, -0.1) is 0 Å². The van der Waals surface area contributed by atoms with Crippen molar-refractivity contribution in [2.75, 3.05) is 19.6 Å². The number of carbonyl (C=O) groups is 2. The summed E-state index contributed by atoms with van der Waals surface area (Å²) in [5.74, 6) is -5.85. The molecule has 0 aliphatic carbocycles. The van der Waals surface area contributed by atoms with E-state index in [0.29, 0.717) is 13.1 Å². The highest BCUT2D eigenvalue weighted by Gasteiger charge is 2.38. The van der Waals surface area contributed by atoms with E-state index in [2.05, 4.69) is 15.4 Å². The van der Waals surface area contributed by atoms with Crippen LogP contribution >= 0.6 is 0 Å². The van der Waals surface area contributed by atoms with Gasteiger partial charge in [0.15, 0.2) is 4.90 Å². The summed E-state index contributed by atoms with van der Waals surface area (Å²) in [6.45, 7) is 0.995. The molecule has 42 heavy (non-hydrogen) atoms. The maximum atomic E-state index is 14.0. The summed E-state index contributed by atoms with van der Waals surface area (Å²) in [7, 11) is -4.44. The molecular weight excluding hydrogens is 585 g/mol. The fourth-order valence-corrected chi connectivity index (χ4v) is 5.78. The van der Waals surface area contributed by atoms with Crippen molar-refractivity contribution in [2.45, 2.75) is 29.5 Å². The third-order valence-corrected chi connectivity index (χ3v) is 7.93. The van der Waals surface area contributed by atoms with Gasteiger partial charge in [0.1, 0.15) is 11.6 Å². The van der Waals surface area contributed by atoms with Gasteiger partial charge in [-0.05, 0) is 29.7 Å². The number of alkyl halides is 3. The summed E-state index contributed by atoms with van der Waals surface area (Å²) in [6, 6.07) is 21.9. The molecule has 0 bridgehead atoms. The molecule has 1 saturated heterocycles. The molecule has 3 aromatic carbocycles. The number of amides is 1. The van der Waals surface area contributed by atoms with Crippen LogP contribution in [0.25, 0.3) is 0 Å². The lowest BCUT2D eigenvalue weighted by Gasteiger charge is -2.30. The van der Waals surface area contributed by atoms with E-state index in [1.807, 2.05) is 60.7 Å². The van der Waals surface area contributed by atoms with Gasteiger partial charge in [-0.3, -0.25) is 4.79 Å². The molecule has 8 nitrogen and oxygen atoms in total. The molecule has 0 unspecified atom stereocenters. The first-order valence-electron chi connectivity index (χ1n) is 12.6. The predicted molar refractivity (Wildman–Crippen MR) is 143 cm³/mol. The van der Waals surface area contributed by atoms with Crippen LogP contribution in [0.4, 0.5) is 22.0 Å². The number of carboxylic acids is 1. The van der Waals surface area contributed by atoms with Crippen molar-refractivity contribution < 1.29 is 45.1 Å². The lowest BCUT2D eigenvalue weighted by molar-refractivity contribution is -0.192. The normalized spacial score (nSPS) is 17.2. The lowest BCUT2D eigenvalue weighted by atomic mass is 9.90. The topological polar surface area (TPSA) is 125 Å². The first-order valence-corrected chi connectivity index (χ1v) is 14.1. The van der Waals surface area contributed by atoms with Gasteiger partial charge in [0.05, 0.1) is 5.92 Å². The molecule has 3 aromatic rings. The summed E-state index contributed by atoms with van der Waals surface area (Å²) < 4.78 is 87.4. The second kappa shape index (κ2) is 14.3.